The van der Waals surface area contributed by atoms with Gasteiger partial charge < -0.3 is 26.5 Å². The first-order chi connectivity index (χ1) is 16.2. The van der Waals surface area contributed by atoms with Crippen molar-refractivity contribution in [2.24, 2.45) is 0 Å². The Hall–Kier alpha value is -2.61. The number of ether oxygens (including phenoxy) is 2. The van der Waals surface area contributed by atoms with Crippen molar-refractivity contribution >= 4 is 23.2 Å². The van der Waals surface area contributed by atoms with Gasteiger partial charge in [-0.2, -0.15) is 0 Å². The summed E-state index contributed by atoms with van der Waals surface area (Å²) in [4.78, 5) is 0. The summed E-state index contributed by atoms with van der Waals surface area (Å²) in [6, 6.07) is 39.3. The van der Waals surface area contributed by atoms with E-state index in [0.29, 0.717) is 5.92 Å². The maximum absolute atomic E-state index is 5.71. The number of hydrogen-bond donors (Lipinski definition) is 0. The van der Waals surface area contributed by atoms with Crippen molar-refractivity contribution in [1.82, 2.24) is 0 Å². The summed E-state index contributed by atoms with van der Waals surface area (Å²) in [7, 11) is 1.62. The SMILES string of the molecule is COc1ccc(OC)c(C(C)CC[P+](c2ccccc2)(c2ccccc2)c2ccccc2)c1.[Br-]. The van der Waals surface area contributed by atoms with Gasteiger partial charge in [-0.25, -0.2) is 0 Å². The van der Waals surface area contributed by atoms with Crippen LogP contribution >= 0.6 is 7.26 Å². The molecule has 0 radical (unpaired) electrons. The quantitative estimate of drug-likeness (QED) is 0.307. The second kappa shape index (κ2) is 12.2. The van der Waals surface area contributed by atoms with Crippen LogP contribution in [0.25, 0.3) is 0 Å². The molecule has 34 heavy (non-hydrogen) atoms. The van der Waals surface area contributed by atoms with Crippen LogP contribution in [0.2, 0.25) is 0 Å². The summed E-state index contributed by atoms with van der Waals surface area (Å²) in [5.74, 6) is 2.12. The van der Waals surface area contributed by atoms with Crippen LogP contribution in [-0.2, 0) is 0 Å². The molecular weight excluding hydrogens is 503 g/mol. The molecule has 0 amide bonds. The normalized spacial score (nSPS) is 11.9. The maximum Gasteiger partial charge on any atom is 0.122 e. The Morgan fingerprint density at radius 1 is 0.647 bits per heavy atom. The summed E-state index contributed by atoms with van der Waals surface area (Å²) in [5.41, 5.74) is 1.20. The van der Waals surface area contributed by atoms with Crippen LogP contribution in [0.5, 0.6) is 11.5 Å². The van der Waals surface area contributed by atoms with Crippen LogP contribution in [0.4, 0.5) is 0 Å². The van der Waals surface area contributed by atoms with Gasteiger partial charge in [0.2, 0.25) is 0 Å². The lowest BCUT2D eigenvalue weighted by Crippen LogP contribution is -3.00. The molecule has 0 saturated heterocycles. The molecule has 4 aromatic rings. The zero-order valence-corrected chi connectivity index (χ0v) is 22.5. The summed E-state index contributed by atoms with van der Waals surface area (Å²) in [5, 5.41) is 4.27. The van der Waals surface area contributed by atoms with Gasteiger partial charge in [0.15, 0.2) is 0 Å². The fourth-order valence-corrected chi connectivity index (χ4v) is 9.14. The first kappa shape index (κ1) is 26.0. The van der Waals surface area contributed by atoms with Gasteiger partial charge in [-0.3, -0.25) is 0 Å². The Bertz CT molecular complexity index is 1050. The molecule has 0 aromatic heterocycles. The highest BCUT2D eigenvalue weighted by atomic mass is 79.9. The van der Waals surface area contributed by atoms with Crippen molar-refractivity contribution in [2.45, 2.75) is 19.3 Å². The second-order valence-corrected chi connectivity index (χ2v) is 12.0. The third-order valence-electron chi connectivity index (χ3n) is 6.46. The molecule has 4 rings (SSSR count). The molecule has 0 bridgehead atoms. The number of benzene rings is 4. The van der Waals surface area contributed by atoms with Crippen molar-refractivity contribution in [2.75, 3.05) is 20.4 Å². The van der Waals surface area contributed by atoms with Gasteiger partial charge in [0.1, 0.15) is 34.7 Å². The predicted octanol–water partition coefficient (Wildman–Crippen LogP) is 3.20. The van der Waals surface area contributed by atoms with E-state index in [-0.39, 0.29) is 17.0 Å². The standard InChI is InChI=1S/C30H32O2P.BrH/c1-24(29-23-25(31-2)19-20-30(29)32-3)21-22-33(26-13-7-4-8-14-26,27-15-9-5-10-16-27)28-17-11-6-12-18-28;/h4-20,23-24H,21-22H2,1-3H3;1H/q+1;/p-1. The highest BCUT2D eigenvalue weighted by molar-refractivity contribution is 7.95. The number of methoxy groups -OCH3 is 2. The molecule has 0 aliphatic heterocycles. The van der Waals surface area contributed by atoms with Crippen LogP contribution in [0.3, 0.4) is 0 Å². The molecule has 0 spiro atoms. The molecule has 0 aliphatic rings. The van der Waals surface area contributed by atoms with Crippen molar-refractivity contribution in [3.63, 3.8) is 0 Å². The fraction of sp³-hybridized carbons (Fsp3) is 0.200. The first-order valence-corrected chi connectivity index (χ1v) is 13.4. The lowest BCUT2D eigenvalue weighted by molar-refractivity contribution is -0.00000716. The van der Waals surface area contributed by atoms with Crippen LogP contribution in [0, 0.1) is 0 Å². The van der Waals surface area contributed by atoms with E-state index in [2.05, 4.69) is 104 Å². The molecule has 4 heteroatoms. The minimum Gasteiger partial charge on any atom is -1.00 e. The van der Waals surface area contributed by atoms with Crippen molar-refractivity contribution in [1.29, 1.82) is 0 Å². The van der Waals surface area contributed by atoms with Gasteiger partial charge in [0, 0.05) is 5.56 Å². The van der Waals surface area contributed by atoms with Crippen LogP contribution in [0.15, 0.2) is 109 Å². The highest BCUT2D eigenvalue weighted by Crippen LogP contribution is 2.56. The van der Waals surface area contributed by atoms with Gasteiger partial charge in [-0.1, -0.05) is 61.5 Å². The van der Waals surface area contributed by atoms with E-state index in [0.717, 1.165) is 24.1 Å². The van der Waals surface area contributed by atoms with E-state index in [1.807, 2.05) is 12.1 Å². The van der Waals surface area contributed by atoms with E-state index in [1.54, 1.807) is 14.2 Å². The Balaban J connectivity index is 0.00000324. The summed E-state index contributed by atoms with van der Waals surface area (Å²) >= 11 is 0. The zero-order chi connectivity index (χ0) is 23.1. The summed E-state index contributed by atoms with van der Waals surface area (Å²) in [6.07, 6.45) is 2.11. The number of rotatable bonds is 9. The largest absolute Gasteiger partial charge is 1.00 e. The molecule has 1 unspecified atom stereocenters. The van der Waals surface area contributed by atoms with Crippen molar-refractivity contribution < 1.29 is 26.5 Å². The third kappa shape index (κ3) is 5.37. The molecular formula is C30H32BrO2P. The van der Waals surface area contributed by atoms with E-state index in [1.165, 1.54) is 21.5 Å². The molecule has 0 heterocycles. The lowest BCUT2D eigenvalue weighted by atomic mass is 9.97. The Morgan fingerprint density at radius 2 is 1.12 bits per heavy atom. The summed E-state index contributed by atoms with van der Waals surface area (Å²) < 4.78 is 11.2. The van der Waals surface area contributed by atoms with E-state index < -0.39 is 7.26 Å². The molecule has 4 aromatic carbocycles. The molecule has 0 saturated carbocycles. The Labute approximate surface area is 215 Å². The zero-order valence-electron chi connectivity index (χ0n) is 20.0. The fourth-order valence-electron chi connectivity index (χ4n) is 4.65. The average Bonchev–Trinajstić information content (AvgIpc) is 2.90. The molecule has 1 atom stereocenters. The van der Waals surface area contributed by atoms with Gasteiger partial charge >= 0.3 is 0 Å². The van der Waals surface area contributed by atoms with Gasteiger partial charge in [-0.15, -0.1) is 0 Å². The smallest absolute Gasteiger partial charge is 0.122 e. The van der Waals surface area contributed by atoms with Gasteiger partial charge in [0.25, 0.3) is 0 Å². The molecule has 0 fully saturated rings. The maximum atomic E-state index is 5.71. The van der Waals surface area contributed by atoms with Gasteiger partial charge in [0.05, 0.1) is 20.4 Å². The van der Waals surface area contributed by atoms with E-state index >= 15 is 0 Å². The summed E-state index contributed by atoms with van der Waals surface area (Å²) in [6.45, 7) is 2.30. The average molecular weight is 535 g/mol. The third-order valence-corrected chi connectivity index (χ3v) is 10.9. The van der Waals surface area contributed by atoms with E-state index in [4.69, 9.17) is 9.47 Å². The van der Waals surface area contributed by atoms with Crippen molar-refractivity contribution in [3.05, 3.63) is 115 Å². The van der Waals surface area contributed by atoms with Crippen LogP contribution in [-0.4, -0.2) is 20.4 Å². The Morgan fingerprint density at radius 3 is 1.53 bits per heavy atom. The van der Waals surface area contributed by atoms with Crippen molar-refractivity contribution in [3.8, 4) is 11.5 Å². The van der Waals surface area contributed by atoms with Crippen LogP contribution < -0.4 is 42.4 Å². The lowest BCUT2D eigenvalue weighted by Gasteiger charge is -2.29. The molecule has 0 N–H and O–H groups in total. The second-order valence-electron chi connectivity index (χ2n) is 8.34. The molecule has 0 aliphatic carbocycles. The predicted molar refractivity (Wildman–Crippen MR) is 143 cm³/mol. The van der Waals surface area contributed by atoms with E-state index in [9.17, 15) is 0 Å². The topological polar surface area (TPSA) is 18.5 Å². The molecule has 176 valence electrons. The van der Waals surface area contributed by atoms with Gasteiger partial charge in [-0.05, 0) is 66.9 Å². The first-order valence-electron chi connectivity index (χ1n) is 11.5. The Kier molecular flexibility index (Phi) is 9.33. The van der Waals surface area contributed by atoms with Crippen LogP contribution in [0.1, 0.15) is 24.8 Å². The molecule has 2 nitrogen and oxygen atoms in total. The minimum absolute atomic E-state index is 0. The number of halogens is 1. The number of hydrogen-bond acceptors (Lipinski definition) is 2. The minimum atomic E-state index is -1.84. The highest BCUT2D eigenvalue weighted by Gasteiger charge is 2.45. The monoisotopic (exact) mass is 534 g/mol.